The second-order valence-electron chi connectivity index (χ2n) is 7.02. The van der Waals surface area contributed by atoms with Crippen molar-refractivity contribution in [2.75, 3.05) is 13.2 Å². The van der Waals surface area contributed by atoms with Gasteiger partial charge >= 0.3 is 12.1 Å². The van der Waals surface area contributed by atoms with E-state index < -0.39 is 11.7 Å². The number of carbonyl (C=O) groups excluding carboxylic acids is 2. The van der Waals surface area contributed by atoms with Gasteiger partial charge in [-0.05, 0) is 52.3 Å². The molecule has 0 spiro atoms. The molecule has 0 saturated heterocycles. The molecule has 7 nitrogen and oxygen atoms in total. The summed E-state index contributed by atoms with van der Waals surface area (Å²) in [6.07, 6.45) is 2.28. The second-order valence-corrected chi connectivity index (χ2v) is 7.02. The number of nitrogens with zero attached hydrogens (tertiary/aromatic N) is 2. The summed E-state index contributed by atoms with van der Waals surface area (Å²) in [5.74, 6) is -0.169. The smallest absolute Gasteiger partial charge is 0.435 e. The van der Waals surface area contributed by atoms with E-state index in [1.165, 1.54) is 4.68 Å². The first-order valence-corrected chi connectivity index (χ1v) is 8.86. The van der Waals surface area contributed by atoms with Crippen LogP contribution in [0.2, 0.25) is 0 Å². The van der Waals surface area contributed by atoms with Crippen LogP contribution in [0.25, 0.3) is 10.9 Å². The third-order valence-corrected chi connectivity index (χ3v) is 3.57. The van der Waals surface area contributed by atoms with Crippen LogP contribution in [0, 0.1) is 0 Å². The second kappa shape index (κ2) is 8.80. The zero-order chi connectivity index (χ0) is 19.2. The van der Waals surface area contributed by atoms with Gasteiger partial charge in [-0.3, -0.25) is 4.79 Å². The third-order valence-electron chi connectivity index (χ3n) is 3.57. The minimum atomic E-state index is -0.576. The number of hydrogen-bond acceptors (Lipinski definition) is 6. The topological polar surface area (TPSA) is 82.5 Å². The highest BCUT2D eigenvalue weighted by molar-refractivity contribution is 5.88. The number of esters is 1. The van der Waals surface area contributed by atoms with Gasteiger partial charge in [0.2, 0.25) is 0 Å². The van der Waals surface area contributed by atoms with Gasteiger partial charge in [-0.25, -0.2) is 4.79 Å². The minimum Gasteiger partial charge on any atom is -0.466 e. The molecular formula is C19H27N3O4. The normalized spacial score (nSPS) is 11.5. The summed E-state index contributed by atoms with van der Waals surface area (Å²) in [7, 11) is 0. The molecule has 0 saturated carbocycles. The van der Waals surface area contributed by atoms with Gasteiger partial charge in [-0.1, -0.05) is 12.1 Å². The summed E-state index contributed by atoms with van der Waals surface area (Å²) in [6, 6.07) is 5.84. The van der Waals surface area contributed by atoms with Gasteiger partial charge in [0.25, 0.3) is 0 Å². The number of fused-ring (bicyclic) bond motifs is 1. The minimum absolute atomic E-state index is 0.169. The van der Waals surface area contributed by atoms with Gasteiger partial charge in [-0.15, -0.1) is 0 Å². The molecule has 7 heteroatoms. The van der Waals surface area contributed by atoms with Crippen LogP contribution in [-0.2, 0) is 20.8 Å². The van der Waals surface area contributed by atoms with E-state index >= 15 is 0 Å². The van der Waals surface area contributed by atoms with E-state index in [1.54, 1.807) is 13.1 Å². The summed E-state index contributed by atoms with van der Waals surface area (Å²) < 4.78 is 11.6. The number of aromatic nitrogens is 2. The van der Waals surface area contributed by atoms with Crippen molar-refractivity contribution >= 4 is 23.0 Å². The lowest BCUT2D eigenvalue weighted by Crippen LogP contribution is -2.27. The number of benzene rings is 1. The highest BCUT2D eigenvalue weighted by Gasteiger charge is 2.20. The van der Waals surface area contributed by atoms with E-state index in [9.17, 15) is 9.59 Å². The Labute approximate surface area is 153 Å². The maximum absolute atomic E-state index is 12.3. The lowest BCUT2D eigenvalue weighted by atomic mass is 10.1. The van der Waals surface area contributed by atoms with E-state index in [-0.39, 0.29) is 5.97 Å². The molecule has 2 rings (SSSR count). The molecule has 0 aliphatic heterocycles. The number of carbonyl (C=O) groups is 2. The van der Waals surface area contributed by atoms with Crippen LogP contribution >= 0.6 is 0 Å². The van der Waals surface area contributed by atoms with Crippen molar-refractivity contribution in [1.29, 1.82) is 0 Å². The highest BCUT2D eigenvalue weighted by atomic mass is 16.6. The van der Waals surface area contributed by atoms with Gasteiger partial charge in [-0.2, -0.15) is 9.78 Å². The summed E-state index contributed by atoms with van der Waals surface area (Å²) in [5.41, 5.74) is 1.16. The number of rotatable bonds is 7. The fourth-order valence-electron chi connectivity index (χ4n) is 2.45. The van der Waals surface area contributed by atoms with Gasteiger partial charge in [0, 0.05) is 18.4 Å². The van der Waals surface area contributed by atoms with Gasteiger partial charge in [0.05, 0.1) is 18.3 Å². The molecule has 1 heterocycles. The molecule has 1 aromatic heterocycles. The average molecular weight is 361 g/mol. The maximum Gasteiger partial charge on any atom is 0.435 e. The van der Waals surface area contributed by atoms with Crippen molar-refractivity contribution in [3.05, 3.63) is 30.0 Å². The predicted octanol–water partition coefficient (Wildman–Crippen LogP) is 3.25. The van der Waals surface area contributed by atoms with Crippen LogP contribution in [-0.4, -0.2) is 40.6 Å². The van der Waals surface area contributed by atoms with Crippen LogP contribution in [0.5, 0.6) is 0 Å². The lowest BCUT2D eigenvalue weighted by molar-refractivity contribution is -0.143. The van der Waals surface area contributed by atoms with Crippen LogP contribution < -0.4 is 5.32 Å². The van der Waals surface area contributed by atoms with Crippen molar-refractivity contribution in [3.8, 4) is 0 Å². The van der Waals surface area contributed by atoms with Crippen molar-refractivity contribution in [2.45, 2.75) is 52.7 Å². The van der Waals surface area contributed by atoms with Crippen molar-refractivity contribution in [1.82, 2.24) is 15.1 Å². The fraction of sp³-hybridized carbons (Fsp3) is 0.526. The average Bonchev–Trinajstić information content (AvgIpc) is 2.96. The van der Waals surface area contributed by atoms with E-state index in [1.807, 2.05) is 39.0 Å². The molecule has 0 aliphatic rings. The molecule has 0 radical (unpaired) electrons. The first kappa shape index (κ1) is 19.9. The highest BCUT2D eigenvalue weighted by Crippen LogP contribution is 2.18. The molecule has 0 aliphatic carbocycles. The molecule has 0 unspecified atom stereocenters. The van der Waals surface area contributed by atoms with E-state index in [2.05, 4.69) is 10.4 Å². The molecule has 0 amide bonds. The first-order chi connectivity index (χ1) is 12.3. The fourth-order valence-corrected chi connectivity index (χ4v) is 2.45. The SMILES string of the molecule is CCOC(=O)CCCNCc1ccc2cnn(C(=O)OC(C)(C)C)c2c1. The molecular weight excluding hydrogens is 334 g/mol. The van der Waals surface area contributed by atoms with Crippen LogP contribution in [0.1, 0.15) is 46.1 Å². The van der Waals surface area contributed by atoms with Gasteiger partial charge in [0.15, 0.2) is 0 Å². The quantitative estimate of drug-likeness (QED) is 0.602. The van der Waals surface area contributed by atoms with E-state index in [0.717, 1.165) is 17.4 Å². The number of hydrogen-bond donors (Lipinski definition) is 1. The zero-order valence-electron chi connectivity index (χ0n) is 15.9. The molecule has 142 valence electrons. The largest absolute Gasteiger partial charge is 0.466 e. The van der Waals surface area contributed by atoms with Crippen molar-refractivity contribution < 1.29 is 19.1 Å². The Bertz CT molecular complexity index is 762. The Kier molecular flexibility index (Phi) is 6.74. The van der Waals surface area contributed by atoms with E-state index in [0.29, 0.717) is 31.6 Å². The van der Waals surface area contributed by atoms with Crippen LogP contribution in [0.4, 0.5) is 4.79 Å². The molecule has 1 N–H and O–H groups in total. The molecule has 1 aromatic carbocycles. The number of nitrogens with one attached hydrogen (secondary N) is 1. The van der Waals surface area contributed by atoms with Crippen LogP contribution in [0.3, 0.4) is 0 Å². The summed E-state index contributed by atoms with van der Waals surface area (Å²) >= 11 is 0. The van der Waals surface area contributed by atoms with Crippen molar-refractivity contribution in [3.63, 3.8) is 0 Å². The Morgan fingerprint density at radius 1 is 1.27 bits per heavy atom. The summed E-state index contributed by atoms with van der Waals surface area (Å²) in [4.78, 5) is 23.6. The Morgan fingerprint density at radius 3 is 2.73 bits per heavy atom. The molecule has 26 heavy (non-hydrogen) atoms. The summed E-state index contributed by atoms with van der Waals surface area (Å²) in [5, 5.41) is 8.30. The third kappa shape index (κ3) is 5.84. The van der Waals surface area contributed by atoms with Gasteiger partial charge in [0.1, 0.15) is 5.60 Å². The standard InChI is InChI=1S/C19H27N3O4/c1-5-25-17(23)7-6-10-20-12-14-8-9-15-13-21-22(16(15)11-14)18(24)26-19(2,3)4/h8-9,11,13,20H,5-7,10,12H2,1-4H3. The molecule has 0 bridgehead atoms. The van der Waals surface area contributed by atoms with Crippen molar-refractivity contribution in [2.24, 2.45) is 0 Å². The Hall–Kier alpha value is -2.41. The zero-order valence-corrected chi connectivity index (χ0v) is 15.9. The molecule has 0 atom stereocenters. The first-order valence-electron chi connectivity index (χ1n) is 8.86. The monoisotopic (exact) mass is 361 g/mol. The molecule has 2 aromatic rings. The van der Waals surface area contributed by atoms with E-state index in [4.69, 9.17) is 9.47 Å². The summed E-state index contributed by atoms with van der Waals surface area (Å²) in [6.45, 7) is 9.03. The van der Waals surface area contributed by atoms with Crippen LogP contribution in [0.15, 0.2) is 24.4 Å². The maximum atomic E-state index is 12.3. The molecule has 0 fully saturated rings. The Balaban J connectivity index is 1.94. The predicted molar refractivity (Wildman–Crippen MR) is 98.9 cm³/mol. The van der Waals surface area contributed by atoms with Gasteiger partial charge < -0.3 is 14.8 Å². The Morgan fingerprint density at radius 2 is 2.04 bits per heavy atom. The number of ether oxygens (including phenoxy) is 2. The lowest BCUT2D eigenvalue weighted by Gasteiger charge is -2.19.